The molecule has 19 heavy (non-hydrogen) atoms. The van der Waals surface area contributed by atoms with Gasteiger partial charge >= 0.3 is 0 Å². The summed E-state index contributed by atoms with van der Waals surface area (Å²) in [5.74, 6) is 0.0660. The molecule has 0 spiro atoms. The molecule has 1 rings (SSSR count). The third-order valence-electron chi connectivity index (χ3n) is 3.06. The molecule has 0 aliphatic carbocycles. The highest BCUT2D eigenvalue weighted by molar-refractivity contribution is 5.81. The van der Waals surface area contributed by atoms with E-state index in [0.29, 0.717) is 26.2 Å². The predicted molar refractivity (Wildman–Crippen MR) is 73.6 cm³/mol. The molecule has 1 amide bonds. The number of hydrogen-bond donors (Lipinski definition) is 2. The van der Waals surface area contributed by atoms with E-state index in [-0.39, 0.29) is 11.9 Å². The van der Waals surface area contributed by atoms with Gasteiger partial charge in [-0.15, -0.1) is 0 Å². The molecule has 2 N–H and O–H groups in total. The Morgan fingerprint density at radius 3 is 2.68 bits per heavy atom. The average Bonchev–Trinajstić information content (AvgIpc) is 2.90. The number of likely N-dealkylation sites (N-methyl/N-ethyl adjacent to an activating group) is 1. The molecule has 0 bridgehead atoms. The molecule has 1 aromatic rings. The summed E-state index contributed by atoms with van der Waals surface area (Å²) in [5.41, 5.74) is 0. The first-order valence-electron chi connectivity index (χ1n) is 6.76. The number of rotatable bonds is 8. The van der Waals surface area contributed by atoms with Crippen molar-refractivity contribution in [2.24, 2.45) is 0 Å². The van der Waals surface area contributed by atoms with E-state index >= 15 is 0 Å². The molecule has 6 nitrogen and oxygen atoms in total. The van der Waals surface area contributed by atoms with E-state index in [0.717, 1.165) is 0 Å². The van der Waals surface area contributed by atoms with Crippen molar-refractivity contribution in [3.8, 4) is 0 Å². The lowest BCUT2D eigenvalue weighted by molar-refractivity contribution is -0.132. The Morgan fingerprint density at radius 2 is 2.16 bits per heavy atom. The Labute approximate surface area is 114 Å². The van der Waals surface area contributed by atoms with Crippen molar-refractivity contribution < 1.29 is 9.90 Å². The first-order valence-corrected chi connectivity index (χ1v) is 6.76. The van der Waals surface area contributed by atoms with E-state index in [1.54, 1.807) is 22.0 Å². The summed E-state index contributed by atoms with van der Waals surface area (Å²) in [6.45, 7) is 7.94. The van der Waals surface area contributed by atoms with Gasteiger partial charge in [-0.2, -0.15) is 5.10 Å². The van der Waals surface area contributed by atoms with Crippen LogP contribution in [0.5, 0.6) is 0 Å². The topological polar surface area (TPSA) is 70.4 Å². The highest BCUT2D eigenvalue weighted by Crippen LogP contribution is 1.96. The number of aromatic nitrogens is 2. The maximum Gasteiger partial charge on any atom is 0.239 e. The van der Waals surface area contributed by atoms with E-state index in [1.165, 1.54) is 0 Å². The zero-order chi connectivity index (χ0) is 14.3. The van der Waals surface area contributed by atoms with Crippen molar-refractivity contribution in [2.45, 2.75) is 39.5 Å². The maximum absolute atomic E-state index is 12.0. The zero-order valence-corrected chi connectivity index (χ0v) is 11.9. The summed E-state index contributed by atoms with van der Waals surface area (Å²) in [6, 6.07) is 1.53. The van der Waals surface area contributed by atoms with Crippen LogP contribution in [-0.4, -0.2) is 57.5 Å². The fraction of sp³-hybridized carbons (Fsp3) is 0.692. The summed E-state index contributed by atoms with van der Waals surface area (Å²) in [4.78, 5) is 13.8. The van der Waals surface area contributed by atoms with Gasteiger partial charge in [0.05, 0.1) is 18.7 Å². The lowest BCUT2D eigenvalue weighted by atomic mass is 10.2. The van der Waals surface area contributed by atoms with Crippen LogP contribution in [0.25, 0.3) is 0 Å². The first kappa shape index (κ1) is 15.7. The van der Waals surface area contributed by atoms with Crippen LogP contribution in [0, 0.1) is 0 Å². The first-order chi connectivity index (χ1) is 9.08. The lowest BCUT2D eigenvalue weighted by Gasteiger charge is -2.24. The van der Waals surface area contributed by atoms with Gasteiger partial charge in [-0.3, -0.25) is 9.48 Å². The van der Waals surface area contributed by atoms with Gasteiger partial charge in [0.25, 0.3) is 0 Å². The number of nitrogens with zero attached hydrogens (tertiary/aromatic N) is 3. The van der Waals surface area contributed by atoms with Crippen molar-refractivity contribution in [3.05, 3.63) is 18.5 Å². The molecule has 0 saturated heterocycles. The molecule has 2 atom stereocenters. The minimum Gasteiger partial charge on any atom is -0.390 e. The molecular weight excluding hydrogens is 244 g/mol. The number of amides is 1. The van der Waals surface area contributed by atoms with Crippen LogP contribution in [0.15, 0.2) is 18.5 Å². The summed E-state index contributed by atoms with van der Waals surface area (Å²) < 4.78 is 1.67. The van der Waals surface area contributed by atoms with Gasteiger partial charge in [0.15, 0.2) is 0 Å². The van der Waals surface area contributed by atoms with Crippen molar-refractivity contribution >= 4 is 5.91 Å². The van der Waals surface area contributed by atoms with Crippen molar-refractivity contribution in [2.75, 3.05) is 19.6 Å². The fourth-order valence-corrected chi connectivity index (χ4v) is 1.90. The number of nitrogens with one attached hydrogen (secondary N) is 1. The van der Waals surface area contributed by atoms with Gasteiger partial charge in [0.1, 0.15) is 0 Å². The molecule has 6 heteroatoms. The Kier molecular flexibility index (Phi) is 6.52. The van der Waals surface area contributed by atoms with E-state index in [2.05, 4.69) is 10.4 Å². The second-order valence-electron chi connectivity index (χ2n) is 4.52. The molecule has 0 aliphatic heterocycles. The number of carbonyl (C=O) groups excluding carboxylic acids is 1. The van der Waals surface area contributed by atoms with E-state index in [9.17, 15) is 9.90 Å². The van der Waals surface area contributed by atoms with Crippen LogP contribution in [0.1, 0.15) is 20.8 Å². The van der Waals surface area contributed by atoms with Crippen LogP contribution in [0.3, 0.4) is 0 Å². The molecular formula is C13H24N4O2. The van der Waals surface area contributed by atoms with Crippen LogP contribution in [-0.2, 0) is 11.3 Å². The standard InChI is InChI=1S/C13H24N4O2/c1-4-16(5-2)13(19)11(3)14-9-12(18)10-17-8-6-7-15-17/h6-8,11-12,14,18H,4-5,9-10H2,1-3H3. The molecule has 1 heterocycles. The van der Waals surface area contributed by atoms with Gasteiger partial charge in [-0.25, -0.2) is 0 Å². The van der Waals surface area contributed by atoms with Gasteiger partial charge in [-0.1, -0.05) is 0 Å². The summed E-state index contributed by atoms with van der Waals surface area (Å²) >= 11 is 0. The van der Waals surface area contributed by atoms with Gasteiger partial charge in [-0.05, 0) is 26.8 Å². The molecule has 0 saturated carbocycles. The Hall–Kier alpha value is -1.40. The van der Waals surface area contributed by atoms with E-state index in [1.807, 2.05) is 26.8 Å². The average molecular weight is 268 g/mol. The number of hydrogen-bond acceptors (Lipinski definition) is 4. The zero-order valence-electron chi connectivity index (χ0n) is 11.9. The Balaban J connectivity index is 2.32. The van der Waals surface area contributed by atoms with Gasteiger partial charge in [0, 0.05) is 32.0 Å². The SMILES string of the molecule is CCN(CC)C(=O)C(C)NCC(O)Cn1cccn1. The third-order valence-corrected chi connectivity index (χ3v) is 3.06. The number of aliphatic hydroxyl groups excluding tert-OH is 1. The molecule has 0 aromatic carbocycles. The normalized spacial score (nSPS) is 14.1. The number of carbonyl (C=O) groups is 1. The van der Waals surface area contributed by atoms with Crippen LogP contribution in [0.4, 0.5) is 0 Å². The smallest absolute Gasteiger partial charge is 0.239 e. The van der Waals surface area contributed by atoms with E-state index < -0.39 is 6.10 Å². The van der Waals surface area contributed by atoms with Crippen LogP contribution < -0.4 is 5.32 Å². The van der Waals surface area contributed by atoms with Crippen molar-refractivity contribution in [1.29, 1.82) is 0 Å². The van der Waals surface area contributed by atoms with Gasteiger partial charge < -0.3 is 15.3 Å². The highest BCUT2D eigenvalue weighted by atomic mass is 16.3. The quantitative estimate of drug-likeness (QED) is 0.701. The van der Waals surface area contributed by atoms with E-state index in [4.69, 9.17) is 0 Å². The molecule has 1 aromatic heterocycles. The molecule has 0 aliphatic rings. The third kappa shape index (κ3) is 5.00. The second kappa shape index (κ2) is 7.91. The summed E-state index contributed by atoms with van der Waals surface area (Å²) in [5, 5.41) is 16.9. The Bertz CT molecular complexity index is 363. The van der Waals surface area contributed by atoms with Crippen molar-refractivity contribution in [3.63, 3.8) is 0 Å². The summed E-state index contributed by atoms with van der Waals surface area (Å²) in [7, 11) is 0. The second-order valence-corrected chi connectivity index (χ2v) is 4.52. The Morgan fingerprint density at radius 1 is 1.47 bits per heavy atom. The van der Waals surface area contributed by atoms with Crippen LogP contribution >= 0.6 is 0 Å². The van der Waals surface area contributed by atoms with Crippen molar-refractivity contribution in [1.82, 2.24) is 20.0 Å². The number of aliphatic hydroxyl groups is 1. The lowest BCUT2D eigenvalue weighted by Crippen LogP contribution is -2.47. The largest absolute Gasteiger partial charge is 0.390 e. The summed E-state index contributed by atoms with van der Waals surface area (Å²) in [6.07, 6.45) is 2.91. The van der Waals surface area contributed by atoms with Crippen LogP contribution in [0.2, 0.25) is 0 Å². The molecule has 0 radical (unpaired) electrons. The van der Waals surface area contributed by atoms with Gasteiger partial charge in [0.2, 0.25) is 5.91 Å². The molecule has 108 valence electrons. The maximum atomic E-state index is 12.0. The molecule has 0 fully saturated rings. The minimum atomic E-state index is -0.563. The fourth-order valence-electron chi connectivity index (χ4n) is 1.90. The predicted octanol–water partition coefficient (Wildman–Crippen LogP) is 0.0905. The minimum absolute atomic E-state index is 0.0660. The monoisotopic (exact) mass is 268 g/mol. The molecule has 2 unspecified atom stereocenters. The highest BCUT2D eigenvalue weighted by Gasteiger charge is 2.18.